The lowest BCUT2D eigenvalue weighted by Gasteiger charge is -2.28. The molecule has 0 aliphatic carbocycles. The minimum atomic E-state index is -0.744. The Hall–Kier alpha value is -3.32. The van der Waals surface area contributed by atoms with Gasteiger partial charge < -0.3 is 24.7 Å². The molecule has 188 valence electrons. The van der Waals surface area contributed by atoms with Gasteiger partial charge in [-0.25, -0.2) is 0 Å². The first kappa shape index (κ1) is 26.3. The third-order valence-electron chi connectivity index (χ3n) is 6.50. The summed E-state index contributed by atoms with van der Waals surface area (Å²) in [6, 6.07) is 10.9. The molecular formula is C28H36N2O5. The Morgan fingerprint density at radius 3 is 2.34 bits per heavy atom. The fourth-order valence-electron chi connectivity index (χ4n) is 4.34. The number of amides is 1. The highest BCUT2D eigenvalue weighted by Gasteiger charge is 2.46. The van der Waals surface area contributed by atoms with E-state index in [1.807, 2.05) is 20.8 Å². The Morgan fingerprint density at radius 1 is 1.06 bits per heavy atom. The second-order valence-electron chi connectivity index (χ2n) is 8.79. The number of carbonyl (C=O) groups excluding carboxylic acids is 2. The number of aryl methyl sites for hydroxylation is 1. The number of phenolic OH excluding ortho intramolecular Hbond substituents is 1. The van der Waals surface area contributed by atoms with Gasteiger partial charge in [0.2, 0.25) is 0 Å². The maximum absolute atomic E-state index is 13.2. The molecule has 35 heavy (non-hydrogen) atoms. The van der Waals surface area contributed by atoms with Crippen molar-refractivity contribution in [3.63, 3.8) is 0 Å². The highest BCUT2D eigenvalue weighted by molar-refractivity contribution is 6.46. The molecule has 0 unspecified atom stereocenters. The van der Waals surface area contributed by atoms with Crippen molar-refractivity contribution in [1.29, 1.82) is 0 Å². The summed E-state index contributed by atoms with van der Waals surface area (Å²) >= 11 is 0. The smallest absolute Gasteiger partial charge is 0.295 e. The summed E-state index contributed by atoms with van der Waals surface area (Å²) in [5, 5.41) is 21.1. The number of ether oxygens (including phenoxy) is 1. The van der Waals surface area contributed by atoms with Crippen LogP contribution in [0.1, 0.15) is 56.3 Å². The van der Waals surface area contributed by atoms with Gasteiger partial charge in [0.25, 0.3) is 11.7 Å². The lowest BCUT2D eigenvalue weighted by Crippen LogP contribution is -2.38. The van der Waals surface area contributed by atoms with Gasteiger partial charge in [-0.3, -0.25) is 9.59 Å². The first-order valence-corrected chi connectivity index (χ1v) is 12.4. The molecule has 1 fully saturated rings. The van der Waals surface area contributed by atoms with Gasteiger partial charge in [-0.05, 0) is 67.9 Å². The lowest BCUT2D eigenvalue weighted by atomic mass is 9.94. The molecule has 2 aromatic rings. The van der Waals surface area contributed by atoms with E-state index in [9.17, 15) is 19.8 Å². The zero-order valence-electron chi connectivity index (χ0n) is 21.1. The van der Waals surface area contributed by atoms with Crippen LogP contribution >= 0.6 is 0 Å². The zero-order valence-corrected chi connectivity index (χ0v) is 21.1. The number of aromatic hydroxyl groups is 1. The molecule has 7 nitrogen and oxygen atoms in total. The van der Waals surface area contributed by atoms with Crippen molar-refractivity contribution < 1.29 is 24.5 Å². The molecule has 1 saturated heterocycles. The molecule has 1 heterocycles. The number of Topliss-reactive ketones (excluding diaryl/α,β-unsaturated/α-hetero) is 1. The number of ketones is 1. The van der Waals surface area contributed by atoms with Crippen LogP contribution in [0.4, 0.5) is 0 Å². The SMILES string of the molecule is CCCCOc1ccc(/C(O)=C2\C(=O)C(=O)N(CCN(CC)CC)[C@H]2c2ccc(O)cc2)cc1C. The third-order valence-corrected chi connectivity index (χ3v) is 6.50. The van der Waals surface area contributed by atoms with Gasteiger partial charge in [-0.2, -0.15) is 0 Å². The number of hydrogen-bond acceptors (Lipinski definition) is 6. The number of nitrogens with zero attached hydrogens (tertiary/aromatic N) is 2. The Morgan fingerprint density at radius 2 is 1.74 bits per heavy atom. The summed E-state index contributed by atoms with van der Waals surface area (Å²) in [5.41, 5.74) is 2.00. The zero-order chi connectivity index (χ0) is 25.5. The topological polar surface area (TPSA) is 90.3 Å². The van der Waals surface area contributed by atoms with E-state index >= 15 is 0 Å². The van der Waals surface area contributed by atoms with Crippen molar-refractivity contribution in [2.75, 3.05) is 32.8 Å². The fourth-order valence-corrected chi connectivity index (χ4v) is 4.34. The van der Waals surface area contributed by atoms with E-state index < -0.39 is 17.7 Å². The van der Waals surface area contributed by atoms with E-state index in [1.165, 1.54) is 17.0 Å². The van der Waals surface area contributed by atoms with Crippen LogP contribution in [-0.2, 0) is 9.59 Å². The van der Waals surface area contributed by atoms with Gasteiger partial charge in [-0.15, -0.1) is 0 Å². The second-order valence-corrected chi connectivity index (χ2v) is 8.79. The van der Waals surface area contributed by atoms with Gasteiger partial charge in [-0.1, -0.05) is 39.3 Å². The summed E-state index contributed by atoms with van der Waals surface area (Å²) in [5.74, 6) is -0.739. The summed E-state index contributed by atoms with van der Waals surface area (Å²) in [6.07, 6.45) is 1.98. The van der Waals surface area contributed by atoms with Gasteiger partial charge in [0, 0.05) is 18.7 Å². The fraction of sp³-hybridized carbons (Fsp3) is 0.429. The Labute approximate surface area is 207 Å². The van der Waals surface area contributed by atoms with Crippen molar-refractivity contribution in [2.45, 2.75) is 46.6 Å². The number of aliphatic hydroxyl groups excluding tert-OH is 1. The van der Waals surface area contributed by atoms with Crippen LogP contribution in [0, 0.1) is 6.92 Å². The summed E-state index contributed by atoms with van der Waals surface area (Å²) in [7, 11) is 0. The van der Waals surface area contributed by atoms with Crippen LogP contribution < -0.4 is 4.74 Å². The molecular weight excluding hydrogens is 444 g/mol. The van der Waals surface area contributed by atoms with Crippen molar-refractivity contribution in [3.8, 4) is 11.5 Å². The predicted molar refractivity (Wildman–Crippen MR) is 136 cm³/mol. The average molecular weight is 481 g/mol. The standard InChI is InChI=1S/C28H36N2O5/c1-5-8-17-35-23-14-11-21(18-19(23)4)26(32)24-25(20-9-12-22(31)13-10-20)30(28(34)27(24)33)16-15-29(6-2)7-3/h9-14,18,25,31-32H,5-8,15-17H2,1-4H3/b26-24+/t25-/m0/s1. The molecule has 2 N–H and O–H groups in total. The molecule has 0 bridgehead atoms. The summed E-state index contributed by atoms with van der Waals surface area (Å²) in [6.45, 7) is 11.3. The van der Waals surface area contributed by atoms with E-state index in [-0.39, 0.29) is 17.1 Å². The van der Waals surface area contributed by atoms with E-state index in [0.717, 1.165) is 37.2 Å². The first-order chi connectivity index (χ1) is 16.8. The number of hydrogen-bond donors (Lipinski definition) is 2. The molecule has 0 spiro atoms. The van der Waals surface area contributed by atoms with E-state index in [4.69, 9.17) is 4.74 Å². The first-order valence-electron chi connectivity index (χ1n) is 12.4. The number of benzene rings is 2. The third kappa shape index (κ3) is 5.85. The largest absolute Gasteiger partial charge is 0.508 e. The normalized spacial score (nSPS) is 17.4. The monoisotopic (exact) mass is 480 g/mol. The van der Waals surface area contributed by atoms with Crippen molar-refractivity contribution in [1.82, 2.24) is 9.80 Å². The molecule has 0 aromatic heterocycles. The van der Waals surface area contributed by atoms with Crippen LogP contribution in [0.3, 0.4) is 0 Å². The van der Waals surface area contributed by atoms with Gasteiger partial charge >= 0.3 is 0 Å². The highest BCUT2D eigenvalue weighted by Crippen LogP contribution is 2.40. The van der Waals surface area contributed by atoms with Crippen LogP contribution in [0.5, 0.6) is 11.5 Å². The molecule has 1 atom stereocenters. The number of rotatable bonds is 11. The van der Waals surface area contributed by atoms with E-state index in [2.05, 4.69) is 11.8 Å². The summed E-state index contributed by atoms with van der Waals surface area (Å²) < 4.78 is 5.81. The van der Waals surface area contributed by atoms with Crippen molar-refractivity contribution in [2.24, 2.45) is 0 Å². The number of aliphatic hydroxyl groups is 1. The van der Waals surface area contributed by atoms with Gasteiger partial charge in [0.15, 0.2) is 0 Å². The van der Waals surface area contributed by atoms with Crippen molar-refractivity contribution >= 4 is 17.4 Å². The number of likely N-dealkylation sites (N-methyl/N-ethyl adjacent to an activating group) is 1. The van der Waals surface area contributed by atoms with Crippen LogP contribution in [-0.4, -0.2) is 64.5 Å². The minimum absolute atomic E-state index is 0.0549. The number of likely N-dealkylation sites (tertiary alicyclic amines) is 1. The van der Waals surface area contributed by atoms with E-state index in [0.29, 0.717) is 30.8 Å². The average Bonchev–Trinajstić information content (AvgIpc) is 3.10. The molecule has 0 radical (unpaired) electrons. The van der Waals surface area contributed by atoms with Crippen LogP contribution in [0.2, 0.25) is 0 Å². The Kier molecular flexibility index (Phi) is 8.93. The van der Waals surface area contributed by atoms with Crippen LogP contribution in [0.25, 0.3) is 5.76 Å². The Bertz CT molecular complexity index is 1070. The summed E-state index contributed by atoms with van der Waals surface area (Å²) in [4.78, 5) is 30.0. The molecule has 1 aliphatic rings. The molecule has 1 amide bonds. The number of phenols is 1. The van der Waals surface area contributed by atoms with E-state index in [1.54, 1.807) is 30.3 Å². The van der Waals surface area contributed by atoms with Crippen molar-refractivity contribution in [3.05, 3.63) is 64.7 Å². The van der Waals surface area contributed by atoms with Crippen LogP contribution in [0.15, 0.2) is 48.0 Å². The maximum atomic E-state index is 13.2. The second kappa shape index (κ2) is 11.9. The maximum Gasteiger partial charge on any atom is 0.295 e. The minimum Gasteiger partial charge on any atom is -0.508 e. The van der Waals surface area contributed by atoms with Gasteiger partial charge in [0.1, 0.15) is 17.3 Å². The van der Waals surface area contributed by atoms with Gasteiger partial charge in [0.05, 0.1) is 18.2 Å². The number of carbonyl (C=O) groups is 2. The predicted octanol–water partition coefficient (Wildman–Crippen LogP) is 4.64. The molecule has 1 aliphatic heterocycles. The molecule has 7 heteroatoms. The Balaban J connectivity index is 2.03. The highest BCUT2D eigenvalue weighted by atomic mass is 16.5. The molecule has 2 aromatic carbocycles. The number of unbranched alkanes of at least 4 members (excludes halogenated alkanes) is 1. The molecule has 3 rings (SSSR count). The lowest BCUT2D eigenvalue weighted by molar-refractivity contribution is -0.140. The molecule has 0 saturated carbocycles. The quantitative estimate of drug-likeness (QED) is 0.211.